The van der Waals surface area contributed by atoms with Gasteiger partial charge < -0.3 is 9.80 Å². The Morgan fingerprint density at radius 1 is 1.12 bits per heavy atom. The van der Waals surface area contributed by atoms with Crippen molar-refractivity contribution >= 4 is 22.6 Å². The van der Waals surface area contributed by atoms with E-state index >= 15 is 0 Å². The van der Waals surface area contributed by atoms with E-state index < -0.39 is 0 Å². The molecule has 3 rings (SSSR count). The van der Waals surface area contributed by atoms with Crippen LogP contribution in [0.3, 0.4) is 0 Å². The molecule has 0 spiro atoms. The van der Waals surface area contributed by atoms with Crippen LogP contribution in [0.25, 0.3) is 0 Å². The van der Waals surface area contributed by atoms with Crippen LogP contribution in [0.2, 0.25) is 0 Å². The molecule has 1 saturated heterocycles. The molecule has 1 aliphatic rings. The lowest BCUT2D eigenvalue weighted by Crippen LogP contribution is -2.48. The van der Waals surface area contributed by atoms with Gasteiger partial charge in [-0.05, 0) is 18.9 Å². The van der Waals surface area contributed by atoms with Crippen LogP contribution in [0.1, 0.15) is 49.6 Å². The van der Waals surface area contributed by atoms with Crippen LogP contribution in [0.5, 0.6) is 0 Å². The Kier molecular flexibility index (Phi) is 6.61. The molecule has 2 aromatic rings. The summed E-state index contributed by atoms with van der Waals surface area (Å²) in [5.41, 5.74) is 2.50. The van der Waals surface area contributed by atoms with Gasteiger partial charge in [-0.25, -0.2) is 4.98 Å². The van der Waals surface area contributed by atoms with Crippen molar-refractivity contribution in [3.8, 4) is 0 Å². The molecule has 1 aromatic heterocycles. The third kappa shape index (κ3) is 5.04. The first-order valence-corrected chi connectivity index (χ1v) is 10.3. The zero-order valence-corrected chi connectivity index (χ0v) is 16.6. The smallest absolute Gasteiger partial charge is 0.222 e. The van der Waals surface area contributed by atoms with Crippen molar-refractivity contribution in [1.29, 1.82) is 0 Å². The number of anilines is 1. The van der Waals surface area contributed by atoms with Gasteiger partial charge in [0, 0.05) is 50.6 Å². The van der Waals surface area contributed by atoms with Gasteiger partial charge in [-0.3, -0.25) is 4.79 Å². The van der Waals surface area contributed by atoms with Gasteiger partial charge in [0.1, 0.15) is 5.82 Å². The van der Waals surface area contributed by atoms with Gasteiger partial charge in [0.15, 0.2) is 0 Å². The van der Waals surface area contributed by atoms with Crippen LogP contribution < -0.4 is 4.90 Å². The number of aryl methyl sites for hydroxylation is 1. The van der Waals surface area contributed by atoms with E-state index in [1.54, 1.807) is 0 Å². The van der Waals surface area contributed by atoms with Crippen LogP contribution in [0.15, 0.2) is 24.3 Å². The lowest BCUT2D eigenvalue weighted by molar-refractivity contribution is -0.131. The molecular weight excluding hydrogens is 344 g/mol. The molecule has 2 heterocycles. The molecule has 0 bridgehead atoms. The minimum Gasteiger partial charge on any atom is -0.343 e. The molecule has 0 N–H and O–H groups in total. The molecule has 6 heteroatoms. The number of hydrogen-bond acceptors (Lipinski definition) is 5. The van der Waals surface area contributed by atoms with Gasteiger partial charge in [-0.1, -0.05) is 49.6 Å². The molecule has 0 unspecified atom stereocenters. The third-order valence-electron chi connectivity index (χ3n) is 4.84. The van der Waals surface area contributed by atoms with Gasteiger partial charge in [0.05, 0.1) is 0 Å². The summed E-state index contributed by atoms with van der Waals surface area (Å²) in [5, 5.41) is 0.977. The highest BCUT2D eigenvalue weighted by atomic mass is 32.1. The van der Waals surface area contributed by atoms with Crippen LogP contribution in [-0.2, 0) is 11.2 Å². The second kappa shape index (κ2) is 9.12. The van der Waals surface area contributed by atoms with Crippen molar-refractivity contribution in [2.24, 2.45) is 0 Å². The second-order valence-corrected chi connectivity index (χ2v) is 7.71. The number of aromatic nitrogens is 2. The van der Waals surface area contributed by atoms with Crippen LogP contribution in [0.4, 0.5) is 5.13 Å². The lowest BCUT2D eigenvalue weighted by atomic mass is 10.1. The van der Waals surface area contributed by atoms with E-state index in [0.29, 0.717) is 12.3 Å². The van der Waals surface area contributed by atoms with E-state index in [2.05, 4.69) is 47.4 Å². The Labute approximate surface area is 160 Å². The van der Waals surface area contributed by atoms with Crippen LogP contribution in [0, 0.1) is 6.92 Å². The Bertz CT molecular complexity index is 705. The predicted octanol–water partition coefficient (Wildman–Crippen LogP) is 3.67. The molecule has 5 nitrogen and oxygen atoms in total. The summed E-state index contributed by atoms with van der Waals surface area (Å²) in [7, 11) is 0. The fraction of sp³-hybridized carbons (Fsp3) is 0.550. The second-order valence-electron chi connectivity index (χ2n) is 6.98. The lowest BCUT2D eigenvalue weighted by Gasteiger charge is -2.34. The maximum atomic E-state index is 12.2. The number of benzene rings is 1. The average Bonchev–Trinajstić information content (AvgIpc) is 3.12. The van der Waals surface area contributed by atoms with Gasteiger partial charge in [0.25, 0.3) is 0 Å². The quantitative estimate of drug-likeness (QED) is 0.696. The molecule has 0 atom stereocenters. The van der Waals surface area contributed by atoms with Crippen LogP contribution in [-0.4, -0.2) is 46.3 Å². The normalized spacial score (nSPS) is 14.7. The van der Waals surface area contributed by atoms with Crippen molar-refractivity contribution in [2.75, 3.05) is 31.1 Å². The minimum atomic E-state index is 0.301. The first-order valence-electron chi connectivity index (χ1n) is 9.56. The summed E-state index contributed by atoms with van der Waals surface area (Å²) in [6.07, 6.45) is 4.76. The number of amides is 1. The minimum absolute atomic E-state index is 0.301. The summed E-state index contributed by atoms with van der Waals surface area (Å²) >= 11 is 1.47. The van der Waals surface area contributed by atoms with Crippen molar-refractivity contribution in [1.82, 2.24) is 14.3 Å². The first kappa shape index (κ1) is 18.8. The molecule has 0 aliphatic carbocycles. The third-order valence-corrected chi connectivity index (χ3v) is 5.65. The molecule has 0 saturated carbocycles. The molecule has 0 radical (unpaired) electrons. The number of carbonyl (C=O) groups excluding carboxylic acids is 1. The number of hydrogen-bond donors (Lipinski definition) is 0. The van der Waals surface area contributed by atoms with E-state index in [1.165, 1.54) is 22.7 Å². The zero-order chi connectivity index (χ0) is 18.4. The highest BCUT2D eigenvalue weighted by Gasteiger charge is 2.22. The largest absolute Gasteiger partial charge is 0.343 e. The summed E-state index contributed by atoms with van der Waals surface area (Å²) in [6.45, 7) is 7.53. The van der Waals surface area contributed by atoms with Crippen LogP contribution >= 0.6 is 11.5 Å². The monoisotopic (exact) mass is 372 g/mol. The Hall–Kier alpha value is -1.95. The Morgan fingerprint density at radius 2 is 1.85 bits per heavy atom. The fourth-order valence-corrected chi connectivity index (χ4v) is 3.90. The topological polar surface area (TPSA) is 49.3 Å². The number of unbranched alkanes of at least 4 members (excludes halogenated alkanes) is 2. The van der Waals surface area contributed by atoms with Crippen molar-refractivity contribution in [3.05, 3.63) is 41.2 Å². The van der Waals surface area contributed by atoms with Crippen molar-refractivity contribution < 1.29 is 4.79 Å². The maximum Gasteiger partial charge on any atom is 0.222 e. The highest BCUT2D eigenvalue weighted by Crippen LogP contribution is 2.21. The summed E-state index contributed by atoms with van der Waals surface area (Å²) in [4.78, 5) is 21.2. The first-order chi connectivity index (χ1) is 12.7. The zero-order valence-electron chi connectivity index (χ0n) is 15.8. The van der Waals surface area contributed by atoms with Crippen molar-refractivity contribution in [2.45, 2.75) is 46.0 Å². The fourth-order valence-electron chi connectivity index (χ4n) is 3.16. The SMILES string of the molecule is CCCCCC(=O)N1CCN(c2nc(Cc3ccc(C)cc3)ns2)CC1. The number of rotatable bonds is 7. The van der Waals surface area contributed by atoms with Gasteiger partial charge in [-0.15, -0.1) is 0 Å². The molecule has 1 fully saturated rings. The van der Waals surface area contributed by atoms with E-state index in [-0.39, 0.29) is 0 Å². The van der Waals surface area contributed by atoms with E-state index in [4.69, 9.17) is 4.98 Å². The molecular formula is C20H28N4OS. The standard InChI is InChI=1S/C20H28N4OS/c1-3-4-5-6-19(25)23-11-13-24(14-12-23)20-21-18(22-26-20)15-17-9-7-16(2)8-10-17/h7-10H,3-6,11-15H2,1-2H3. The van der Waals surface area contributed by atoms with Crippen molar-refractivity contribution in [3.63, 3.8) is 0 Å². The Balaban J connectivity index is 1.50. The van der Waals surface area contributed by atoms with Gasteiger partial charge in [-0.2, -0.15) is 4.37 Å². The molecule has 1 amide bonds. The maximum absolute atomic E-state index is 12.2. The van der Waals surface area contributed by atoms with Gasteiger partial charge in [0.2, 0.25) is 11.0 Å². The highest BCUT2D eigenvalue weighted by molar-refractivity contribution is 7.09. The summed E-state index contributed by atoms with van der Waals surface area (Å²) in [5.74, 6) is 1.18. The average molecular weight is 373 g/mol. The molecule has 1 aliphatic heterocycles. The molecule has 140 valence electrons. The van der Waals surface area contributed by atoms with E-state index in [0.717, 1.165) is 62.8 Å². The van der Waals surface area contributed by atoms with Gasteiger partial charge >= 0.3 is 0 Å². The van der Waals surface area contributed by atoms with E-state index in [9.17, 15) is 4.79 Å². The number of nitrogens with zero attached hydrogens (tertiary/aromatic N) is 4. The van der Waals surface area contributed by atoms with E-state index in [1.807, 2.05) is 4.90 Å². The number of piperazine rings is 1. The molecule has 1 aromatic carbocycles. The molecule has 26 heavy (non-hydrogen) atoms. The summed E-state index contributed by atoms with van der Waals surface area (Å²) < 4.78 is 4.52. The Morgan fingerprint density at radius 3 is 2.54 bits per heavy atom. The number of carbonyl (C=O) groups is 1. The predicted molar refractivity (Wildman–Crippen MR) is 107 cm³/mol. The summed E-state index contributed by atoms with van der Waals surface area (Å²) in [6, 6.07) is 8.52.